The number of nitrogens with one attached hydrogen (secondary N) is 1. The van der Waals surface area contributed by atoms with E-state index in [9.17, 15) is 4.79 Å². The van der Waals surface area contributed by atoms with Gasteiger partial charge in [0.25, 0.3) is 0 Å². The smallest absolute Gasteiger partial charge is 0.226 e. The molecule has 1 amide bonds. The maximum absolute atomic E-state index is 14.2. The van der Waals surface area contributed by atoms with Crippen molar-refractivity contribution in [2.45, 2.75) is 71.1 Å². The number of carbonyl (C=O) groups excluding carboxylic acids is 1. The molecule has 3 aliphatic heterocycles. The fraction of sp³-hybridized carbons (Fsp3) is 0.485. The molecule has 210 valence electrons. The molecular weight excluding hydrogens is 496 g/mol. The Morgan fingerprint density at radius 1 is 0.875 bits per heavy atom. The number of anilines is 2. The van der Waals surface area contributed by atoms with Crippen LogP contribution in [0.5, 0.6) is 0 Å². The number of nitrogens with zero attached hydrogens (tertiary/aromatic N) is 5. The van der Waals surface area contributed by atoms with Crippen molar-refractivity contribution in [2.75, 3.05) is 36.4 Å². The van der Waals surface area contributed by atoms with Crippen LogP contribution < -0.4 is 10.2 Å². The topological polar surface area (TPSA) is 64.6 Å². The summed E-state index contributed by atoms with van der Waals surface area (Å²) in [6, 6.07) is 22.3. The molecule has 7 nitrogen and oxygen atoms in total. The molecule has 0 unspecified atom stereocenters. The molecule has 4 heterocycles. The second-order valence-corrected chi connectivity index (χ2v) is 11.8. The second kappa shape index (κ2) is 12.0. The molecular formula is C33H42N6O. The number of fused-ring (bicyclic) bond motifs is 3. The standard InChI is InChI=1S/C33H42N6O/c1-24-20-25(2)36-33(35-24)37-18-15-27(16-19-37)32(40)38-22-28-10-6-7-11-31(28)34-17-14-29-12-13-30(23-38)39(29)21-26-8-4-3-5-9-26/h3-11,20,27,29-30,34H,12-19,21-23H2,1-2H3/t29-,30+/m0/s1. The predicted molar refractivity (Wildman–Crippen MR) is 160 cm³/mol. The Kier molecular flexibility index (Phi) is 8.00. The number of piperidine rings is 1. The summed E-state index contributed by atoms with van der Waals surface area (Å²) in [5.41, 5.74) is 5.71. The van der Waals surface area contributed by atoms with Crippen LogP contribution in [0.4, 0.5) is 11.6 Å². The van der Waals surface area contributed by atoms with Gasteiger partial charge in [-0.1, -0.05) is 48.5 Å². The Morgan fingerprint density at radius 3 is 2.35 bits per heavy atom. The summed E-state index contributed by atoms with van der Waals surface area (Å²) in [5, 5.41) is 3.71. The number of benzene rings is 2. The van der Waals surface area contributed by atoms with Crippen LogP contribution in [-0.2, 0) is 17.9 Å². The van der Waals surface area contributed by atoms with Gasteiger partial charge in [0.05, 0.1) is 0 Å². The zero-order valence-electron chi connectivity index (χ0n) is 23.9. The Hall–Kier alpha value is -3.45. The highest BCUT2D eigenvalue weighted by Gasteiger charge is 2.37. The number of hydrogen-bond acceptors (Lipinski definition) is 6. The maximum Gasteiger partial charge on any atom is 0.226 e. The number of carbonyl (C=O) groups is 1. The highest BCUT2D eigenvalue weighted by Crippen LogP contribution is 2.32. The van der Waals surface area contributed by atoms with Gasteiger partial charge in [-0.25, -0.2) is 9.97 Å². The highest BCUT2D eigenvalue weighted by molar-refractivity contribution is 5.79. The first kappa shape index (κ1) is 26.8. The minimum absolute atomic E-state index is 0.0344. The van der Waals surface area contributed by atoms with Crippen molar-refractivity contribution in [3.63, 3.8) is 0 Å². The van der Waals surface area contributed by atoms with Crippen molar-refractivity contribution in [2.24, 2.45) is 5.92 Å². The van der Waals surface area contributed by atoms with Crippen LogP contribution >= 0.6 is 0 Å². The molecule has 2 fully saturated rings. The maximum atomic E-state index is 14.2. The van der Waals surface area contributed by atoms with E-state index in [2.05, 4.69) is 84.6 Å². The van der Waals surface area contributed by atoms with Crippen LogP contribution in [0.25, 0.3) is 0 Å². The minimum atomic E-state index is 0.0344. The number of para-hydroxylation sites is 1. The molecule has 2 atom stereocenters. The van der Waals surface area contributed by atoms with E-state index >= 15 is 0 Å². The van der Waals surface area contributed by atoms with Crippen molar-refractivity contribution in [3.05, 3.63) is 83.2 Å². The molecule has 0 aliphatic carbocycles. The largest absolute Gasteiger partial charge is 0.385 e. The third-order valence-electron chi connectivity index (χ3n) is 8.99. The van der Waals surface area contributed by atoms with E-state index in [4.69, 9.17) is 0 Å². The lowest BCUT2D eigenvalue weighted by atomic mass is 9.94. The summed E-state index contributed by atoms with van der Waals surface area (Å²) in [6.45, 7) is 9.01. The second-order valence-electron chi connectivity index (χ2n) is 11.8. The quantitative estimate of drug-likeness (QED) is 0.494. The Bertz CT molecular complexity index is 1290. The molecule has 0 spiro atoms. The highest BCUT2D eigenvalue weighted by atomic mass is 16.2. The average molecular weight is 539 g/mol. The van der Waals surface area contributed by atoms with Crippen LogP contribution in [0.15, 0.2) is 60.7 Å². The summed E-state index contributed by atoms with van der Waals surface area (Å²) in [4.78, 5) is 30.7. The number of amides is 1. The summed E-state index contributed by atoms with van der Waals surface area (Å²) in [6.07, 6.45) is 5.13. The number of hydrogen-bond donors (Lipinski definition) is 1. The molecule has 2 saturated heterocycles. The minimum Gasteiger partial charge on any atom is -0.385 e. The molecule has 2 bridgehead atoms. The van der Waals surface area contributed by atoms with Crippen molar-refractivity contribution >= 4 is 17.5 Å². The molecule has 1 N–H and O–H groups in total. The van der Waals surface area contributed by atoms with Crippen LogP contribution in [0, 0.1) is 19.8 Å². The molecule has 2 aromatic carbocycles. The zero-order chi connectivity index (χ0) is 27.5. The van der Waals surface area contributed by atoms with Gasteiger partial charge in [-0.2, -0.15) is 0 Å². The molecule has 7 heteroatoms. The van der Waals surface area contributed by atoms with Crippen molar-refractivity contribution in [1.82, 2.24) is 19.8 Å². The first-order chi connectivity index (χ1) is 19.5. The van der Waals surface area contributed by atoms with E-state index in [0.717, 1.165) is 81.4 Å². The summed E-state index contributed by atoms with van der Waals surface area (Å²) in [5.74, 6) is 1.14. The van der Waals surface area contributed by atoms with E-state index in [-0.39, 0.29) is 5.92 Å². The summed E-state index contributed by atoms with van der Waals surface area (Å²) >= 11 is 0. The number of aryl methyl sites for hydroxylation is 2. The number of aromatic nitrogens is 2. The predicted octanol–water partition coefficient (Wildman–Crippen LogP) is 5.19. The molecule has 0 saturated carbocycles. The lowest BCUT2D eigenvalue weighted by molar-refractivity contribution is -0.137. The monoisotopic (exact) mass is 538 g/mol. The van der Waals surface area contributed by atoms with Crippen LogP contribution in [-0.4, -0.2) is 63.9 Å². The van der Waals surface area contributed by atoms with Gasteiger partial charge in [-0.3, -0.25) is 9.69 Å². The van der Waals surface area contributed by atoms with Crippen LogP contribution in [0.3, 0.4) is 0 Å². The van der Waals surface area contributed by atoms with Crippen molar-refractivity contribution < 1.29 is 4.79 Å². The lowest BCUT2D eigenvalue weighted by Gasteiger charge is -2.37. The SMILES string of the molecule is Cc1cc(C)nc(N2CCC(C(=O)N3Cc4ccccc4NCC[C@@H]4CC[C@H](C3)N4Cc3ccccc3)CC2)n1. The fourth-order valence-electron chi connectivity index (χ4n) is 6.90. The normalized spacial score (nSPS) is 22.4. The third-order valence-corrected chi connectivity index (χ3v) is 8.99. The van der Waals surface area contributed by atoms with Gasteiger partial charge in [-0.05, 0) is 69.2 Å². The third kappa shape index (κ3) is 5.99. The van der Waals surface area contributed by atoms with E-state index in [1.54, 1.807) is 0 Å². The van der Waals surface area contributed by atoms with Crippen molar-refractivity contribution in [1.29, 1.82) is 0 Å². The van der Waals surface area contributed by atoms with Gasteiger partial charge in [0.2, 0.25) is 11.9 Å². The van der Waals surface area contributed by atoms with Crippen LogP contribution in [0.1, 0.15) is 54.6 Å². The average Bonchev–Trinajstić information content (AvgIpc) is 3.32. The van der Waals surface area contributed by atoms with Gasteiger partial charge in [0.15, 0.2) is 0 Å². The van der Waals surface area contributed by atoms with E-state index in [1.807, 2.05) is 19.9 Å². The molecule has 3 aliphatic rings. The summed E-state index contributed by atoms with van der Waals surface area (Å²) in [7, 11) is 0. The van der Waals surface area contributed by atoms with Gasteiger partial charge in [0, 0.05) is 74.3 Å². The van der Waals surface area contributed by atoms with Crippen LogP contribution in [0.2, 0.25) is 0 Å². The molecule has 1 aromatic heterocycles. The van der Waals surface area contributed by atoms with Gasteiger partial charge < -0.3 is 15.1 Å². The Balaban J connectivity index is 1.22. The fourth-order valence-corrected chi connectivity index (χ4v) is 6.90. The van der Waals surface area contributed by atoms with Gasteiger partial charge in [-0.15, -0.1) is 0 Å². The summed E-state index contributed by atoms with van der Waals surface area (Å²) < 4.78 is 0. The zero-order valence-corrected chi connectivity index (χ0v) is 23.9. The van der Waals surface area contributed by atoms with Crippen molar-refractivity contribution in [3.8, 4) is 0 Å². The van der Waals surface area contributed by atoms with E-state index in [1.165, 1.54) is 17.5 Å². The first-order valence-corrected chi connectivity index (χ1v) is 15.0. The Morgan fingerprint density at radius 2 is 1.57 bits per heavy atom. The molecule has 0 radical (unpaired) electrons. The van der Waals surface area contributed by atoms with Gasteiger partial charge in [0.1, 0.15) is 0 Å². The Labute approximate surface area is 238 Å². The molecule has 40 heavy (non-hydrogen) atoms. The molecule has 6 rings (SSSR count). The van der Waals surface area contributed by atoms with E-state index in [0.29, 0.717) is 24.5 Å². The van der Waals surface area contributed by atoms with E-state index < -0.39 is 0 Å². The molecule has 3 aromatic rings. The van der Waals surface area contributed by atoms with Gasteiger partial charge >= 0.3 is 0 Å². The first-order valence-electron chi connectivity index (χ1n) is 15.0. The lowest BCUT2D eigenvalue weighted by Crippen LogP contribution is -2.48. The number of rotatable bonds is 4.